The molecule has 136 valence electrons. The van der Waals surface area contributed by atoms with Gasteiger partial charge in [-0.15, -0.1) is 0 Å². The summed E-state index contributed by atoms with van der Waals surface area (Å²) in [6.07, 6.45) is 3.77. The zero-order valence-electron chi connectivity index (χ0n) is 15.2. The Labute approximate surface area is 153 Å². The van der Waals surface area contributed by atoms with Gasteiger partial charge in [0.2, 0.25) is 0 Å². The number of fused-ring (bicyclic) bond motifs is 6. The van der Waals surface area contributed by atoms with E-state index in [1.165, 1.54) is 29.3 Å². The highest BCUT2D eigenvalue weighted by atomic mass is 16.5. The first-order valence-corrected chi connectivity index (χ1v) is 9.44. The topological polar surface area (TPSA) is 54.6 Å². The highest BCUT2D eigenvalue weighted by Crippen LogP contribution is 2.47. The minimum Gasteiger partial charge on any atom is -0.497 e. The number of piperidine rings is 1. The number of ether oxygens (including phenoxy) is 2. The third-order valence-electron chi connectivity index (χ3n) is 6.54. The highest BCUT2D eigenvalue weighted by Gasteiger charge is 2.46. The monoisotopic (exact) mass is 352 g/mol. The van der Waals surface area contributed by atoms with Crippen LogP contribution in [0, 0.1) is 11.8 Å². The summed E-state index contributed by atoms with van der Waals surface area (Å²) in [7, 11) is 1.45. The molecule has 0 radical (unpaired) electrons. The lowest BCUT2D eigenvalue weighted by molar-refractivity contribution is -0.139. The molecular formula is C21H24N2O3. The number of hydrogen-bond acceptors (Lipinski definition) is 4. The molecule has 2 aromatic rings. The zero-order chi connectivity index (χ0) is 17.8. The van der Waals surface area contributed by atoms with E-state index in [0.717, 1.165) is 25.9 Å². The number of carbonyl (C=O) groups is 1. The number of nitrogens with one attached hydrogen (secondary N) is 1. The Morgan fingerprint density at radius 3 is 3.04 bits per heavy atom. The second kappa shape index (κ2) is 5.88. The number of hydrogen-bond donors (Lipinski definition) is 1. The van der Waals surface area contributed by atoms with Crippen LogP contribution in [-0.2, 0) is 20.7 Å². The molecule has 1 fully saturated rings. The van der Waals surface area contributed by atoms with Crippen molar-refractivity contribution in [1.29, 1.82) is 0 Å². The minimum absolute atomic E-state index is 0.124. The SMILES string of the molecule is COC(=O)C1=CO[C@H](C)[C@H]2CN3CCc4c([nH]c5ccccc45)[C@@H]3C[C@H]12. The Morgan fingerprint density at radius 2 is 2.19 bits per heavy atom. The first kappa shape index (κ1) is 15.9. The number of H-pyrrole nitrogens is 1. The largest absolute Gasteiger partial charge is 0.497 e. The average Bonchev–Trinajstić information content (AvgIpc) is 3.06. The lowest BCUT2D eigenvalue weighted by Gasteiger charge is -2.49. The maximum atomic E-state index is 12.3. The van der Waals surface area contributed by atoms with Crippen molar-refractivity contribution in [2.75, 3.05) is 20.2 Å². The number of aromatic amines is 1. The van der Waals surface area contributed by atoms with E-state index in [9.17, 15) is 4.79 Å². The molecule has 4 heterocycles. The van der Waals surface area contributed by atoms with E-state index in [-0.39, 0.29) is 18.0 Å². The van der Waals surface area contributed by atoms with E-state index in [2.05, 4.69) is 41.1 Å². The summed E-state index contributed by atoms with van der Waals surface area (Å²) >= 11 is 0. The summed E-state index contributed by atoms with van der Waals surface area (Å²) < 4.78 is 10.8. The molecule has 3 aliphatic rings. The Morgan fingerprint density at radius 1 is 1.35 bits per heavy atom. The van der Waals surface area contributed by atoms with Gasteiger partial charge in [0.1, 0.15) is 0 Å². The average molecular weight is 352 g/mol. The van der Waals surface area contributed by atoms with Crippen LogP contribution < -0.4 is 0 Å². The molecule has 1 N–H and O–H groups in total. The first-order chi connectivity index (χ1) is 12.7. The van der Waals surface area contributed by atoms with E-state index in [1.807, 2.05) is 0 Å². The van der Waals surface area contributed by atoms with Crippen molar-refractivity contribution in [3.8, 4) is 0 Å². The maximum absolute atomic E-state index is 12.3. The molecule has 1 saturated heterocycles. The maximum Gasteiger partial charge on any atom is 0.337 e. The molecule has 1 aromatic carbocycles. The van der Waals surface area contributed by atoms with Gasteiger partial charge in [-0.25, -0.2) is 4.79 Å². The molecule has 0 saturated carbocycles. The second-order valence-corrected chi connectivity index (χ2v) is 7.74. The Balaban J connectivity index is 1.55. The van der Waals surface area contributed by atoms with Crippen molar-refractivity contribution >= 4 is 16.9 Å². The smallest absolute Gasteiger partial charge is 0.337 e. The summed E-state index contributed by atoms with van der Waals surface area (Å²) in [6.45, 7) is 4.13. The molecule has 0 spiro atoms. The van der Waals surface area contributed by atoms with Gasteiger partial charge < -0.3 is 14.5 Å². The fourth-order valence-electron chi connectivity index (χ4n) is 5.19. The van der Waals surface area contributed by atoms with Crippen molar-refractivity contribution in [3.63, 3.8) is 0 Å². The van der Waals surface area contributed by atoms with Gasteiger partial charge in [-0.3, -0.25) is 4.90 Å². The standard InChI is InChI=1S/C21H24N2O3/c1-12-16-10-23-8-7-14-13-5-3-4-6-18(13)22-20(14)19(23)9-15(16)17(11-26-12)21(24)25-2/h3-6,11-12,15-16,19,22H,7-10H2,1-2H3/t12-,15+,16-,19+/m1/s1. The molecule has 0 amide bonds. The second-order valence-electron chi connectivity index (χ2n) is 7.74. The fraction of sp³-hybridized carbons (Fsp3) is 0.476. The minimum atomic E-state index is -0.256. The number of aromatic nitrogens is 1. The quantitative estimate of drug-likeness (QED) is 0.801. The summed E-state index contributed by atoms with van der Waals surface area (Å²) in [4.78, 5) is 18.5. The van der Waals surface area contributed by atoms with Crippen LogP contribution in [0.1, 0.15) is 30.6 Å². The number of para-hydroxylation sites is 1. The van der Waals surface area contributed by atoms with Gasteiger partial charge in [0.25, 0.3) is 0 Å². The van der Waals surface area contributed by atoms with Gasteiger partial charge in [0.05, 0.1) is 31.1 Å². The highest BCUT2D eigenvalue weighted by molar-refractivity contribution is 5.89. The van der Waals surface area contributed by atoms with Crippen LogP contribution >= 0.6 is 0 Å². The fourth-order valence-corrected chi connectivity index (χ4v) is 5.19. The van der Waals surface area contributed by atoms with Gasteiger partial charge in [0, 0.05) is 41.5 Å². The van der Waals surface area contributed by atoms with Gasteiger partial charge >= 0.3 is 5.97 Å². The van der Waals surface area contributed by atoms with Crippen LogP contribution in [0.15, 0.2) is 36.1 Å². The Hall–Kier alpha value is -2.27. The van der Waals surface area contributed by atoms with Gasteiger partial charge in [-0.05, 0) is 31.4 Å². The summed E-state index contributed by atoms with van der Waals surface area (Å²) in [6, 6.07) is 8.88. The molecule has 1 aromatic heterocycles. The van der Waals surface area contributed by atoms with E-state index >= 15 is 0 Å². The van der Waals surface area contributed by atoms with Crippen LogP contribution in [0.25, 0.3) is 10.9 Å². The molecule has 26 heavy (non-hydrogen) atoms. The van der Waals surface area contributed by atoms with Gasteiger partial charge in [-0.1, -0.05) is 18.2 Å². The van der Waals surface area contributed by atoms with Crippen LogP contribution in [0.5, 0.6) is 0 Å². The zero-order valence-corrected chi connectivity index (χ0v) is 15.2. The number of nitrogens with zero attached hydrogens (tertiary/aromatic N) is 1. The third-order valence-corrected chi connectivity index (χ3v) is 6.54. The first-order valence-electron chi connectivity index (χ1n) is 9.44. The molecular weight excluding hydrogens is 328 g/mol. The van der Waals surface area contributed by atoms with Crippen molar-refractivity contribution in [1.82, 2.24) is 9.88 Å². The molecule has 5 nitrogen and oxygen atoms in total. The van der Waals surface area contributed by atoms with Gasteiger partial charge in [-0.2, -0.15) is 0 Å². The molecule has 5 heteroatoms. The third kappa shape index (κ3) is 2.23. The number of carbonyl (C=O) groups excluding carboxylic acids is 1. The molecule has 0 aliphatic carbocycles. The molecule has 5 rings (SSSR count). The number of methoxy groups -OCH3 is 1. The van der Waals surface area contributed by atoms with Crippen LogP contribution in [-0.4, -0.2) is 42.2 Å². The van der Waals surface area contributed by atoms with Gasteiger partial charge in [0.15, 0.2) is 0 Å². The van der Waals surface area contributed by atoms with E-state index in [0.29, 0.717) is 17.5 Å². The number of esters is 1. The predicted molar refractivity (Wildman–Crippen MR) is 98.6 cm³/mol. The van der Waals surface area contributed by atoms with Crippen LogP contribution in [0.3, 0.4) is 0 Å². The summed E-state index contributed by atoms with van der Waals surface area (Å²) in [5.41, 5.74) is 4.69. The van der Waals surface area contributed by atoms with E-state index in [4.69, 9.17) is 9.47 Å². The Kier molecular flexibility index (Phi) is 3.60. The normalized spacial score (nSPS) is 30.6. The Bertz CT molecular complexity index is 900. The lowest BCUT2D eigenvalue weighted by atomic mass is 9.72. The van der Waals surface area contributed by atoms with E-state index < -0.39 is 0 Å². The van der Waals surface area contributed by atoms with Crippen molar-refractivity contribution < 1.29 is 14.3 Å². The molecule has 3 aliphatic heterocycles. The molecule has 0 bridgehead atoms. The number of benzene rings is 1. The van der Waals surface area contributed by atoms with Crippen molar-refractivity contribution in [3.05, 3.63) is 47.4 Å². The predicted octanol–water partition coefficient (Wildman–Crippen LogP) is 3.18. The lowest BCUT2D eigenvalue weighted by Crippen LogP contribution is -2.51. The number of rotatable bonds is 1. The van der Waals surface area contributed by atoms with Crippen molar-refractivity contribution in [2.24, 2.45) is 11.8 Å². The van der Waals surface area contributed by atoms with E-state index in [1.54, 1.807) is 6.26 Å². The molecule has 0 unspecified atom stereocenters. The summed E-state index contributed by atoms with van der Waals surface area (Å²) in [5, 5.41) is 1.34. The van der Waals surface area contributed by atoms with Crippen LogP contribution in [0.2, 0.25) is 0 Å². The molecule has 4 atom stereocenters. The van der Waals surface area contributed by atoms with Crippen molar-refractivity contribution in [2.45, 2.75) is 31.9 Å². The summed E-state index contributed by atoms with van der Waals surface area (Å²) in [5.74, 6) is 0.258. The van der Waals surface area contributed by atoms with Crippen LogP contribution in [0.4, 0.5) is 0 Å².